The van der Waals surface area contributed by atoms with Crippen LogP contribution in [0.3, 0.4) is 0 Å². The fraction of sp³-hybridized carbons (Fsp3) is 0.263. The lowest BCUT2D eigenvalue weighted by atomic mass is 9.97. The predicted molar refractivity (Wildman–Crippen MR) is 93.5 cm³/mol. The fourth-order valence-electron chi connectivity index (χ4n) is 2.99. The molecule has 2 aromatic heterocycles. The van der Waals surface area contributed by atoms with Gasteiger partial charge in [0.1, 0.15) is 5.82 Å². The minimum Gasteiger partial charge on any atom is -0.420 e. The lowest BCUT2D eigenvalue weighted by Gasteiger charge is -2.29. The summed E-state index contributed by atoms with van der Waals surface area (Å²) in [5.41, 5.74) is 0.674. The Morgan fingerprint density at radius 2 is 1.93 bits per heavy atom. The molecule has 27 heavy (non-hydrogen) atoms. The summed E-state index contributed by atoms with van der Waals surface area (Å²) < 4.78 is 24.1. The summed E-state index contributed by atoms with van der Waals surface area (Å²) in [6.07, 6.45) is 4.13. The van der Waals surface area contributed by atoms with Crippen molar-refractivity contribution in [1.82, 2.24) is 20.1 Å². The molecule has 0 radical (unpaired) electrons. The highest BCUT2D eigenvalue weighted by Crippen LogP contribution is 2.29. The van der Waals surface area contributed by atoms with Gasteiger partial charge in [-0.1, -0.05) is 0 Å². The summed E-state index contributed by atoms with van der Waals surface area (Å²) in [6.45, 7) is 1.08. The minimum absolute atomic E-state index is 0.0779. The lowest BCUT2D eigenvalue weighted by Crippen LogP contribution is -2.39. The van der Waals surface area contributed by atoms with Crippen LogP contribution in [0.4, 0.5) is 9.18 Å². The van der Waals surface area contributed by atoms with E-state index in [4.69, 9.17) is 9.15 Å². The van der Waals surface area contributed by atoms with Crippen LogP contribution < -0.4 is 4.74 Å². The maximum atomic E-state index is 13.0. The zero-order chi connectivity index (χ0) is 18.6. The third-order valence-corrected chi connectivity index (χ3v) is 4.47. The van der Waals surface area contributed by atoms with Crippen LogP contribution in [0.15, 0.2) is 53.2 Å². The van der Waals surface area contributed by atoms with Gasteiger partial charge in [0.25, 0.3) is 0 Å². The number of carbonyl (C=O) groups excluding carboxylic acids is 1. The molecule has 138 valence electrons. The van der Waals surface area contributed by atoms with Crippen LogP contribution in [0.5, 0.6) is 5.75 Å². The second kappa shape index (κ2) is 7.53. The van der Waals surface area contributed by atoms with E-state index in [0.29, 0.717) is 49.0 Å². The van der Waals surface area contributed by atoms with Crippen LogP contribution in [0.2, 0.25) is 0 Å². The molecule has 1 fully saturated rings. The van der Waals surface area contributed by atoms with E-state index in [9.17, 15) is 9.18 Å². The standard InChI is InChI=1S/C19H17FN4O3/c20-15-5-3-13(4-6-15)17-22-23-18(27-17)14-7-10-24(11-8-14)19(25)26-16-2-1-9-21-12-16/h1-6,9,12,14H,7-8,10-11H2. The number of amides is 1. The summed E-state index contributed by atoms with van der Waals surface area (Å²) in [4.78, 5) is 17.8. The zero-order valence-corrected chi connectivity index (χ0v) is 14.4. The van der Waals surface area contributed by atoms with E-state index in [1.807, 2.05) is 0 Å². The van der Waals surface area contributed by atoms with E-state index in [1.165, 1.54) is 18.3 Å². The number of carbonyl (C=O) groups is 1. The van der Waals surface area contributed by atoms with E-state index < -0.39 is 0 Å². The molecule has 1 aromatic carbocycles. The Labute approximate surface area is 154 Å². The Hall–Kier alpha value is -3.29. The summed E-state index contributed by atoms with van der Waals surface area (Å²) in [5.74, 6) is 1.08. The highest BCUT2D eigenvalue weighted by atomic mass is 19.1. The first kappa shape index (κ1) is 17.1. The van der Waals surface area contributed by atoms with Gasteiger partial charge >= 0.3 is 6.09 Å². The first-order chi connectivity index (χ1) is 13.2. The summed E-state index contributed by atoms with van der Waals surface area (Å²) in [6, 6.07) is 9.31. The molecule has 1 aliphatic heterocycles. The van der Waals surface area contributed by atoms with Crippen LogP contribution in [-0.2, 0) is 0 Å². The predicted octanol–water partition coefficient (Wildman–Crippen LogP) is 3.65. The Kier molecular flexibility index (Phi) is 4.78. The van der Waals surface area contributed by atoms with Crippen molar-refractivity contribution in [3.8, 4) is 17.2 Å². The molecule has 0 spiro atoms. The Morgan fingerprint density at radius 1 is 1.15 bits per heavy atom. The van der Waals surface area contributed by atoms with Gasteiger partial charge in [0.2, 0.25) is 11.8 Å². The van der Waals surface area contributed by atoms with Crippen LogP contribution in [-0.4, -0.2) is 39.3 Å². The van der Waals surface area contributed by atoms with Crippen molar-refractivity contribution in [2.24, 2.45) is 0 Å². The lowest BCUT2D eigenvalue weighted by molar-refractivity contribution is 0.136. The number of benzene rings is 1. The van der Waals surface area contributed by atoms with Crippen LogP contribution in [0.25, 0.3) is 11.5 Å². The Bertz CT molecular complexity index is 906. The molecular formula is C19H17FN4O3. The number of likely N-dealkylation sites (tertiary alicyclic amines) is 1. The molecule has 0 atom stereocenters. The van der Waals surface area contributed by atoms with Crippen molar-refractivity contribution in [3.05, 3.63) is 60.5 Å². The Balaban J connectivity index is 1.35. The average molecular weight is 368 g/mol. The van der Waals surface area contributed by atoms with Gasteiger partial charge in [-0.3, -0.25) is 4.98 Å². The number of halogens is 1. The van der Waals surface area contributed by atoms with Gasteiger partial charge in [-0.15, -0.1) is 10.2 Å². The van der Waals surface area contributed by atoms with Gasteiger partial charge in [0.15, 0.2) is 5.75 Å². The van der Waals surface area contributed by atoms with Gasteiger partial charge in [-0.2, -0.15) is 0 Å². The maximum absolute atomic E-state index is 13.0. The number of aromatic nitrogens is 3. The van der Waals surface area contributed by atoms with E-state index >= 15 is 0 Å². The molecule has 7 nitrogen and oxygen atoms in total. The van der Waals surface area contributed by atoms with E-state index in [2.05, 4.69) is 15.2 Å². The maximum Gasteiger partial charge on any atom is 0.415 e. The van der Waals surface area contributed by atoms with Crippen molar-refractivity contribution < 1.29 is 18.3 Å². The van der Waals surface area contributed by atoms with Crippen molar-refractivity contribution in [2.45, 2.75) is 18.8 Å². The SMILES string of the molecule is O=C(Oc1cccnc1)N1CCC(c2nnc(-c3ccc(F)cc3)o2)CC1. The molecule has 0 bridgehead atoms. The number of piperidine rings is 1. The van der Waals surface area contributed by atoms with Crippen molar-refractivity contribution in [2.75, 3.05) is 13.1 Å². The van der Waals surface area contributed by atoms with E-state index in [1.54, 1.807) is 35.4 Å². The molecule has 0 aliphatic carbocycles. The van der Waals surface area contributed by atoms with Gasteiger partial charge in [-0.05, 0) is 49.2 Å². The normalized spacial score (nSPS) is 14.9. The zero-order valence-electron chi connectivity index (χ0n) is 14.4. The van der Waals surface area contributed by atoms with Crippen LogP contribution in [0, 0.1) is 5.82 Å². The number of ether oxygens (including phenoxy) is 1. The van der Waals surface area contributed by atoms with E-state index in [0.717, 1.165) is 0 Å². The fourth-order valence-corrected chi connectivity index (χ4v) is 2.99. The number of pyridine rings is 1. The van der Waals surface area contributed by atoms with Crippen molar-refractivity contribution >= 4 is 6.09 Å². The summed E-state index contributed by atoms with van der Waals surface area (Å²) in [7, 11) is 0. The molecular weight excluding hydrogens is 351 g/mol. The smallest absolute Gasteiger partial charge is 0.415 e. The number of hydrogen-bond donors (Lipinski definition) is 0. The molecule has 1 amide bonds. The molecule has 0 unspecified atom stereocenters. The first-order valence-corrected chi connectivity index (χ1v) is 8.65. The average Bonchev–Trinajstić information content (AvgIpc) is 3.20. The molecule has 0 saturated carbocycles. The number of hydrogen-bond acceptors (Lipinski definition) is 6. The van der Waals surface area contributed by atoms with Crippen molar-refractivity contribution in [3.63, 3.8) is 0 Å². The second-order valence-corrected chi connectivity index (χ2v) is 6.27. The molecule has 3 aromatic rings. The van der Waals surface area contributed by atoms with E-state index in [-0.39, 0.29) is 17.8 Å². The van der Waals surface area contributed by atoms with Crippen LogP contribution in [0.1, 0.15) is 24.7 Å². The topological polar surface area (TPSA) is 81.4 Å². The Morgan fingerprint density at radius 3 is 2.63 bits per heavy atom. The number of nitrogens with zero attached hydrogens (tertiary/aromatic N) is 4. The highest BCUT2D eigenvalue weighted by molar-refractivity contribution is 5.70. The molecule has 1 saturated heterocycles. The first-order valence-electron chi connectivity index (χ1n) is 8.65. The molecule has 0 N–H and O–H groups in total. The third kappa shape index (κ3) is 3.94. The summed E-state index contributed by atoms with van der Waals surface area (Å²) >= 11 is 0. The quantitative estimate of drug-likeness (QED) is 0.702. The van der Waals surface area contributed by atoms with Gasteiger partial charge in [0.05, 0.1) is 6.20 Å². The highest BCUT2D eigenvalue weighted by Gasteiger charge is 2.28. The molecule has 8 heteroatoms. The monoisotopic (exact) mass is 368 g/mol. The van der Waals surface area contributed by atoms with Gasteiger partial charge in [0, 0.05) is 30.8 Å². The largest absolute Gasteiger partial charge is 0.420 e. The number of rotatable bonds is 3. The second-order valence-electron chi connectivity index (χ2n) is 6.27. The third-order valence-electron chi connectivity index (χ3n) is 4.47. The van der Waals surface area contributed by atoms with Gasteiger partial charge < -0.3 is 14.1 Å². The van der Waals surface area contributed by atoms with Crippen LogP contribution >= 0.6 is 0 Å². The van der Waals surface area contributed by atoms with Crippen molar-refractivity contribution in [1.29, 1.82) is 0 Å². The molecule has 4 rings (SSSR count). The molecule has 3 heterocycles. The summed E-state index contributed by atoms with van der Waals surface area (Å²) in [5, 5.41) is 8.17. The minimum atomic E-state index is -0.390. The molecule has 1 aliphatic rings. The van der Waals surface area contributed by atoms with Gasteiger partial charge in [-0.25, -0.2) is 9.18 Å².